The molecule has 0 fully saturated rings. The summed E-state index contributed by atoms with van der Waals surface area (Å²) in [7, 11) is 0. The number of hydrogen-bond acceptors (Lipinski definition) is 6. The number of hydrogen-bond donors (Lipinski definition) is 2. The third-order valence-electron chi connectivity index (χ3n) is 3.06. The fourth-order valence-corrected chi connectivity index (χ4v) is 2.09. The van der Waals surface area contributed by atoms with Crippen LogP contribution < -0.4 is 5.32 Å². The number of esters is 1. The van der Waals surface area contributed by atoms with E-state index in [-0.39, 0.29) is 31.5 Å². The Labute approximate surface area is 120 Å². The molecule has 0 aromatic carbocycles. The average Bonchev–Trinajstić information content (AvgIpc) is 2.90. The number of nitrogens with zero attached hydrogens (tertiary/aromatic N) is 3. The Bertz CT molecular complexity index is 590. The maximum Gasteiger partial charge on any atom is 0.359 e. The van der Waals surface area contributed by atoms with E-state index < -0.39 is 5.97 Å². The van der Waals surface area contributed by atoms with E-state index in [0.717, 1.165) is 5.69 Å². The van der Waals surface area contributed by atoms with Crippen molar-refractivity contribution in [2.24, 2.45) is 4.99 Å². The first-order valence-electron chi connectivity index (χ1n) is 6.47. The number of nitrogens with one attached hydrogen (secondary N) is 2. The van der Waals surface area contributed by atoms with Gasteiger partial charge in [-0.3, -0.25) is 5.10 Å². The number of carbonyl (C=O) groups is 2. The van der Waals surface area contributed by atoms with Gasteiger partial charge in [0.2, 0.25) is 6.08 Å². The summed E-state index contributed by atoms with van der Waals surface area (Å²) in [6, 6.07) is -0.365. The molecule has 1 aromatic heterocycles. The molecule has 0 radical (unpaired) electrons. The number of aromatic amines is 1. The van der Waals surface area contributed by atoms with E-state index >= 15 is 0 Å². The Kier molecular flexibility index (Phi) is 4.68. The van der Waals surface area contributed by atoms with Crippen molar-refractivity contribution in [1.82, 2.24) is 20.4 Å². The van der Waals surface area contributed by atoms with Crippen molar-refractivity contribution in [2.75, 3.05) is 19.8 Å². The molecule has 1 aromatic rings. The molecule has 0 spiro atoms. The van der Waals surface area contributed by atoms with E-state index in [0.29, 0.717) is 18.5 Å². The van der Waals surface area contributed by atoms with Gasteiger partial charge in [-0.25, -0.2) is 14.4 Å². The van der Waals surface area contributed by atoms with Crippen molar-refractivity contribution >= 4 is 18.1 Å². The minimum absolute atomic E-state index is 0.123. The Morgan fingerprint density at radius 2 is 2.38 bits per heavy atom. The van der Waals surface area contributed by atoms with E-state index in [1.807, 2.05) is 0 Å². The maximum atomic E-state index is 11.9. The highest BCUT2D eigenvalue weighted by Gasteiger charge is 2.28. The molecule has 112 valence electrons. The fourth-order valence-electron chi connectivity index (χ4n) is 2.09. The fraction of sp³-hybridized carbons (Fsp3) is 0.500. The third-order valence-corrected chi connectivity index (χ3v) is 3.06. The van der Waals surface area contributed by atoms with Crippen molar-refractivity contribution in [3.63, 3.8) is 0 Å². The van der Waals surface area contributed by atoms with Crippen LogP contribution in [0.5, 0.6) is 0 Å². The van der Waals surface area contributed by atoms with Gasteiger partial charge < -0.3 is 15.0 Å². The molecule has 0 unspecified atom stereocenters. The zero-order valence-electron chi connectivity index (χ0n) is 11.5. The van der Waals surface area contributed by atoms with Gasteiger partial charge in [-0.15, -0.1) is 0 Å². The smallest absolute Gasteiger partial charge is 0.359 e. The number of urea groups is 1. The lowest BCUT2D eigenvalue weighted by molar-refractivity contribution is 0.0516. The summed E-state index contributed by atoms with van der Waals surface area (Å²) in [5, 5.41) is 9.22. The van der Waals surface area contributed by atoms with E-state index in [1.165, 1.54) is 11.0 Å². The summed E-state index contributed by atoms with van der Waals surface area (Å²) in [5.41, 5.74) is 1.69. The molecule has 2 heterocycles. The Hall–Kier alpha value is -2.67. The molecule has 1 aliphatic heterocycles. The summed E-state index contributed by atoms with van der Waals surface area (Å²) in [6.07, 6.45) is 1.90. The quantitative estimate of drug-likeness (QED) is 0.458. The standard InChI is InChI=1S/C12H15N5O4/c1-2-21-11(19)10-8-5-17(4-3-9(8)15-16-10)12(20)14-6-13-7-18/h2-6H2,1H3,(H,14,20)(H,15,16). The van der Waals surface area contributed by atoms with E-state index in [2.05, 4.69) is 20.5 Å². The largest absolute Gasteiger partial charge is 0.461 e. The van der Waals surface area contributed by atoms with Crippen molar-refractivity contribution < 1.29 is 19.1 Å². The Morgan fingerprint density at radius 1 is 1.57 bits per heavy atom. The number of ether oxygens (including phenoxy) is 1. The second-order valence-corrected chi connectivity index (χ2v) is 4.31. The lowest BCUT2D eigenvalue weighted by Gasteiger charge is -2.26. The molecule has 2 rings (SSSR count). The molecular formula is C12H15N5O4. The zero-order chi connectivity index (χ0) is 15.2. The average molecular weight is 293 g/mol. The SMILES string of the molecule is CCOC(=O)c1n[nH]c2c1CN(C(=O)NCN=C=O)CC2. The van der Waals surface area contributed by atoms with Crippen LogP contribution in [0.2, 0.25) is 0 Å². The number of H-pyrrole nitrogens is 1. The molecule has 9 nitrogen and oxygen atoms in total. The molecule has 2 N–H and O–H groups in total. The summed E-state index contributed by atoms with van der Waals surface area (Å²) in [5.74, 6) is -0.511. The van der Waals surface area contributed by atoms with Crippen LogP contribution in [-0.4, -0.2) is 53.0 Å². The van der Waals surface area contributed by atoms with E-state index in [4.69, 9.17) is 4.74 Å². The third kappa shape index (κ3) is 3.26. The van der Waals surface area contributed by atoms with Gasteiger partial charge in [0.1, 0.15) is 6.67 Å². The van der Waals surface area contributed by atoms with Crippen molar-refractivity contribution in [3.05, 3.63) is 17.0 Å². The lowest BCUT2D eigenvalue weighted by atomic mass is 10.1. The highest BCUT2D eigenvalue weighted by molar-refractivity contribution is 5.89. The number of isocyanates is 1. The summed E-state index contributed by atoms with van der Waals surface area (Å²) in [6.45, 7) is 2.57. The minimum atomic E-state index is -0.511. The van der Waals surface area contributed by atoms with Crippen molar-refractivity contribution in [1.29, 1.82) is 0 Å². The normalized spacial score (nSPS) is 13.1. The van der Waals surface area contributed by atoms with Crippen LogP contribution in [0.1, 0.15) is 28.7 Å². The van der Waals surface area contributed by atoms with Crippen LogP contribution in [0.25, 0.3) is 0 Å². The van der Waals surface area contributed by atoms with Gasteiger partial charge >= 0.3 is 12.0 Å². The van der Waals surface area contributed by atoms with Gasteiger partial charge in [0, 0.05) is 24.2 Å². The molecule has 0 saturated heterocycles. The molecule has 0 atom stereocenters. The highest BCUT2D eigenvalue weighted by Crippen LogP contribution is 2.21. The second-order valence-electron chi connectivity index (χ2n) is 4.31. The molecule has 1 aliphatic rings. The number of aliphatic imine (C=N–C) groups is 1. The van der Waals surface area contributed by atoms with Crippen LogP contribution in [-0.2, 0) is 22.5 Å². The first-order valence-corrected chi connectivity index (χ1v) is 6.47. The van der Waals surface area contributed by atoms with Crippen LogP contribution >= 0.6 is 0 Å². The molecule has 0 aliphatic carbocycles. The van der Waals surface area contributed by atoms with Gasteiger partial charge in [-0.2, -0.15) is 10.1 Å². The topological polar surface area (TPSA) is 117 Å². The molecule has 0 bridgehead atoms. The molecule has 9 heteroatoms. The number of fused-ring (bicyclic) bond motifs is 1. The van der Waals surface area contributed by atoms with Gasteiger partial charge in [0.15, 0.2) is 5.69 Å². The van der Waals surface area contributed by atoms with Gasteiger partial charge in [-0.1, -0.05) is 0 Å². The summed E-state index contributed by atoms with van der Waals surface area (Å²) in [4.78, 5) is 38.4. The van der Waals surface area contributed by atoms with Crippen LogP contribution in [0.15, 0.2) is 4.99 Å². The van der Waals surface area contributed by atoms with Gasteiger partial charge in [-0.05, 0) is 6.92 Å². The van der Waals surface area contributed by atoms with E-state index in [1.54, 1.807) is 6.92 Å². The van der Waals surface area contributed by atoms with Crippen molar-refractivity contribution in [2.45, 2.75) is 19.9 Å². The highest BCUT2D eigenvalue weighted by atomic mass is 16.5. The zero-order valence-corrected chi connectivity index (χ0v) is 11.5. The summed E-state index contributed by atoms with van der Waals surface area (Å²) >= 11 is 0. The van der Waals surface area contributed by atoms with Gasteiger partial charge in [0.25, 0.3) is 0 Å². The predicted molar refractivity (Wildman–Crippen MR) is 70.2 cm³/mol. The monoisotopic (exact) mass is 293 g/mol. The van der Waals surface area contributed by atoms with Crippen LogP contribution in [0, 0.1) is 0 Å². The second kappa shape index (κ2) is 6.67. The summed E-state index contributed by atoms with van der Waals surface area (Å²) < 4.78 is 4.93. The van der Waals surface area contributed by atoms with Crippen LogP contribution in [0.3, 0.4) is 0 Å². The first kappa shape index (κ1) is 14.7. The molecule has 21 heavy (non-hydrogen) atoms. The Morgan fingerprint density at radius 3 is 3.10 bits per heavy atom. The number of amides is 2. The lowest BCUT2D eigenvalue weighted by Crippen LogP contribution is -2.43. The van der Waals surface area contributed by atoms with Crippen molar-refractivity contribution in [3.8, 4) is 0 Å². The van der Waals surface area contributed by atoms with E-state index in [9.17, 15) is 14.4 Å². The first-order chi connectivity index (χ1) is 10.2. The number of aromatic nitrogens is 2. The Balaban J connectivity index is 2.08. The predicted octanol–water partition coefficient (Wildman–Crippen LogP) is -0.0526. The molecular weight excluding hydrogens is 278 g/mol. The maximum absolute atomic E-state index is 11.9. The van der Waals surface area contributed by atoms with Crippen LogP contribution in [0.4, 0.5) is 4.79 Å². The number of carbonyl (C=O) groups excluding carboxylic acids is 3. The minimum Gasteiger partial charge on any atom is -0.461 e. The molecule has 0 saturated carbocycles. The molecule has 2 amide bonds. The van der Waals surface area contributed by atoms with Gasteiger partial charge in [0.05, 0.1) is 13.2 Å². The number of rotatable bonds is 4.